The first-order valence-corrected chi connectivity index (χ1v) is 5.44. The molecule has 10 radical (unpaired) electrons. The van der Waals surface area contributed by atoms with E-state index in [0.717, 1.165) is 5.92 Å². The number of Topliss-reactive ketones (excluding diaryl/α,β-unsaturated/α-hetero) is 1. The van der Waals surface area contributed by atoms with Crippen LogP contribution in [0.1, 0.15) is 0 Å². The van der Waals surface area contributed by atoms with Gasteiger partial charge in [0.1, 0.15) is 0 Å². The number of carbonyl (C=O) groups excluding carboxylic acids is 1. The molecule has 0 spiro atoms. The summed E-state index contributed by atoms with van der Waals surface area (Å²) in [4.78, 5) is 10.8. The van der Waals surface area contributed by atoms with Gasteiger partial charge in [0.2, 0.25) is 0 Å². The molecule has 0 aromatic heterocycles. The summed E-state index contributed by atoms with van der Waals surface area (Å²) in [5.74, 6) is 0.923. The summed E-state index contributed by atoms with van der Waals surface area (Å²) in [6, 6.07) is 0. The van der Waals surface area contributed by atoms with Gasteiger partial charge in [0.15, 0.2) is 5.78 Å². The van der Waals surface area contributed by atoms with Gasteiger partial charge >= 0.3 is 17.1 Å². The third-order valence-electron chi connectivity index (χ3n) is 1.66. The predicted molar refractivity (Wildman–Crippen MR) is 60.7 cm³/mol. The summed E-state index contributed by atoms with van der Waals surface area (Å²) in [5, 5.41) is 0.414. The minimum Gasteiger partial charge on any atom is -0.298 e. The van der Waals surface area contributed by atoms with E-state index in [4.69, 9.17) is 0 Å². The molecule has 2 aliphatic rings. The Hall–Kier alpha value is 0.669. The molecule has 2 rings (SSSR count). The minimum absolute atomic E-state index is 0. The Labute approximate surface area is 112 Å². The van der Waals surface area contributed by atoms with Gasteiger partial charge in [0.05, 0.1) is 5.33 Å². The van der Waals surface area contributed by atoms with Crippen molar-refractivity contribution >= 4 is 21.7 Å². The van der Waals surface area contributed by atoms with Crippen LogP contribution in [0.5, 0.6) is 0 Å². The zero-order valence-corrected chi connectivity index (χ0v) is 10.7. The Balaban J connectivity index is 0.000000280. The van der Waals surface area contributed by atoms with Crippen LogP contribution >= 0.6 is 15.9 Å². The fourth-order valence-electron chi connectivity index (χ4n) is 0.958. The molecule has 0 unspecified atom stereocenters. The molecule has 0 aromatic rings. The number of alkyl halides is 1. The van der Waals surface area contributed by atoms with Gasteiger partial charge in [0, 0.05) is 5.92 Å². The van der Waals surface area contributed by atoms with Crippen molar-refractivity contribution in [2.45, 2.75) is 0 Å². The van der Waals surface area contributed by atoms with Crippen LogP contribution in [0.15, 0.2) is 0 Å². The van der Waals surface area contributed by atoms with Gasteiger partial charge in [-0.15, -0.1) is 0 Å². The van der Waals surface area contributed by atoms with Crippen molar-refractivity contribution in [3.05, 3.63) is 63.7 Å². The van der Waals surface area contributed by atoms with Crippen molar-refractivity contribution in [2.24, 2.45) is 0 Å². The number of carbonyl (C=O) groups is 1. The molecule has 2 saturated carbocycles. The second-order valence-electron chi connectivity index (χ2n) is 2.69. The molecule has 2 fully saturated rings. The second kappa shape index (κ2) is 9.86. The molecule has 1 nitrogen and oxygen atoms in total. The Morgan fingerprint density at radius 2 is 1.33 bits per heavy atom. The fraction of sp³-hybridized carbons (Fsp3) is 0.0833. The van der Waals surface area contributed by atoms with Gasteiger partial charge in [-0.3, -0.25) is 4.79 Å². The first-order chi connectivity index (χ1) is 6.84. The SMILES string of the molecule is O=C(CBr)[C]1[CH][CH][CH][CH]1.[CH]1[CH][CH][CH][CH]1.[Fe+2]. The van der Waals surface area contributed by atoms with Crippen molar-refractivity contribution < 1.29 is 21.9 Å². The maximum Gasteiger partial charge on any atom is 2.00 e. The van der Waals surface area contributed by atoms with E-state index in [1.807, 2.05) is 57.8 Å². The largest absolute Gasteiger partial charge is 2.00 e. The average Bonchev–Trinajstić information content (AvgIpc) is 2.91. The first-order valence-electron chi connectivity index (χ1n) is 4.32. The molecule has 78 valence electrons. The molecule has 0 amide bonds. The smallest absolute Gasteiger partial charge is 0.298 e. The summed E-state index contributed by atoms with van der Waals surface area (Å²) in [6.45, 7) is 0. The van der Waals surface area contributed by atoms with Crippen LogP contribution in [-0.4, -0.2) is 11.1 Å². The molecule has 0 aliphatic heterocycles. The average molecular weight is 307 g/mol. The van der Waals surface area contributed by atoms with E-state index in [1.54, 1.807) is 0 Å². The zero-order valence-electron chi connectivity index (χ0n) is 8.04. The van der Waals surface area contributed by atoms with E-state index in [2.05, 4.69) is 15.9 Å². The Kier molecular flexibility index (Phi) is 10.3. The van der Waals surface area contributed by atoms with E-state index < -0.39 is 0 Å². The van der Waals surface area contributed by atoms with Crippen LogP contribution in [0.25, 0.3) is 0 Å². The molecule has 0 saturated heterocycles. The number of hydrogen-bond donors (Lipinski definition) is 0. The monoisotopic (exact) mass is 306 g/mol. The predicted octanol–water partition coefficient (Wildman–Crippen LogP) is 2.37. The Morgan fingerprint density at radius 1 is 0.933 bits per heavy atom. The summed E-state index contributed by atoms with van der Waals surface area (Å²) >= 11 is 3.09. The third kappa shape index (κ3) is 6.76. The summed E-state index contributed by atoms with van der Waals surface area (Å²) < 4.78 is 0. The minimum atomic E-state index is 0. The van der Waals surface area contributed by atoms with Crippen molar-refractivity contribution in [3.63, 3.8) is 0 Å². The van der Waals surface area contributed by atoms with E-state index in [0.29, 0.717) is 5.33 Å². The molecule has 0 atom stereocenters. The molecule has 0 N–H and O–H groups in total. The quantitative estimate of drug-likeness (QED) is 0.565. The maximum absolute atomic E-state index is 10.8. The summed E-state index contributed by atoms with van der Waals surface area (Å²) in [6.07, 6.45) is 17.3. The standard InChI is InChI=1S/C7H6BrO.C5H5.Fe/c8-5-7(9)6-3-1-2-4-6;1-2-4-5-3-1;/h1-4H,5H2;1-5H;/q;;+2. The maximum atomic E-state index is 10.8. The fourth-order valence-corrected chi connectivity index (χ4v) is 1.28. The van der Waals surface area contributed by atoms with Gasteiger partial charge in [-0.25, -0.2) is 0 Å². The van der Waals surface area contributed by atoms with Crippen LogP contribution < -0.4 is 0 Å². The van der Waals surface area contributed by atoms with Gasteiger partial charge in [-0.2, -0.15) is 0 Å². The van der Waals surface area contributed by atoms with Crippen LogP contribution in [-0.2, 0) is 21.9 Å². The van der Waals surface area contributed by atoms with Crippen molar-refractivity contribution in [1.29, 1.82) is 0 Å². The number of ketones is 1. The normalized spacial score (nSPS) is 20.3. The van der Waals surface area contributed by atoms with Gasteiger partial charge < -0.3 is 0 Å². The molecule has 0 aromatic carbocycles. The summed E-state index contributed by atoms with van der Waals surface area (Å²) in [5.41, 5.74) is 0. The number of hydrogen-bond acceptors (Lipinski definition) is 1. The molecular formula is C12H11BrFeO+2. The number of halogens is 1. The third-order valence-corrected chi connectivity index (χ3v) is 2.17. The van der Waals surface area contributed by atoms with Crippen LogP contribution in [0.4, 0.5) is 0 Å². The van der Waals surface area contributed by atoms with Crippen LogP contribution in [0.2, 0.25) is 0 Å². The first kappa shape index (κ1) is 15.7. The molecular weight excluding hydrogens is 296 g/mol. The molecule has 15 heavy (non-hydrogen) atoms. The number of rotatable bonds is 2. The van der Waals surface area contributed by atoms with Gasteiger partial charge in [-0.1, -0.05) is 15.9 Å². The molecule has 3 heteroatoms. The van der Waals surface area contributed by atoms with Gasteiger partial charge in [-0.05, 0) is 57.8 Å². The Morgan fingerprint density at radius 3 is 1.67 bits per heavy atom. The molecule has 0 heterocycles. The van der Waals surface area contributed by atoms with E-state index in [1.165, 1.54) is 0 Å². The van der Waals surface area contributed by atoms with Crippen molar-refractivity contribution in [1.82, 2.24) is 0 Å². The molecule has 0 bridgehead atoms. The van der Waals surface area contributed by atoms with E-state index in [-0.39, 0.29) is 22.9 Å². The van der Waals surface area contributed by atoms with Crippen LogP contribution in [0, 0.1) is 63.7 Å². The topological polar surface area (TPSA) is 17.1 Å². The van der Waals surface area contributed by atoms with E-state index in [9.17, 15) is 4.79 Å². The van der Waals surface area contributed by atoms with Crippen molar-refractivity contribution in [2.75, 3.05) is 5.33 Å². The van der Waals surface area contributed by atoms with E-state index >= 15 is 0 Å². The van der Waals surface area contributed by atoms with Gasteiger partial charge in [0.25, 0.3) is 0 Å². The molecule has 2 aliphatic carbocycles. The second-order valence-corrected chi connectivity index (χ2v) is 3.25. The van der Waals surface area contributed by atoms with Crippen LogP contribution in [0.3, 0.4) is 0 Å². The summed E-state index contributed by atoms with van der Waals surface area (Å²) in [7, 11) is 0. The zero-order chi connectivity index (χ0) is 10.2. The van der Waals surface area contributed by atoms with Crippen molar-refractivity contribution in [3.8, 4) is 0 Å². The Bertz CT molecular complexity index is 155.